The summed E-state index contributed by atoms with van der Waals surface area (Å²) in [6.45, 7) is 9.32. The predicted molar refractivity (Wildman–Crippen MR) is 39.9 cm³/mol. The van der Waals surface area contributed by atoms with Crippen molar-refractivity contribution in [1.29, 1.82) is 0 Å². The van der Waals surface area contributed by atoms with E-state index >= 15 is 0 Å². The van der Waals surface area contributed by atoms with Crippen molar-refractivity contribution < 1.29 is 41.0 Å². The molecule has 12 heavy (non-hydrogen) atoms. The first-order valence-electron chi connectivity index (χ1n) is 1.86. The molecule has 0 aliphatic rings. The summed E-state index contributed by atoms with van der Waals surface area (Å²) in [6.07, 6.45) is 1.50. The first-order valence-corrected chi connectivity index (χ1v) is 1.86. The van der Waals surface area contributed by atoms with Crippen molar-refractivity contribution in [2.45, 2.75) is 6.92 Å². The molecule has 0 amide bonds. The molecular formula is C6H11FeO5-. The molecule has 6 heteroatoms. The number of rotatable bonds is 0. The van der Waals surface area contributed by atoms with Crippen LogP contribution in [0.3, 0.4) is 0 Å². The monoisotopic (exact) mass is 219 g/mol. The Morgan fingerprint density at radius 3 is 0.750 bits per heavy atom. The van der Waals surface area contributed by atoms with Gasteiger partial charge in [-0.2, -0.15) is 6.92 Å². The maximum Gasteiger partial charge on any atom is 0.106 e. The summed E-state index contributed by atoms with van der Waals surface area (Å²) in [6, 6.07) is 0. The van der Waals surface area contributed by atoms with Gasteiger partial charge in [0.15, 0.2) is 0 Å². The van der Waals surface area contributed by atoms with Crippen LogP contribution in [0.2, 0.25) is 0 Å². The molecule has 0 saturated heterocycles. The number of carbonyl (C=O) groups is 4. The van der Waals surface area contributed by atoms with Crippen LogP contribution in [0.25, 0.3) is 0 Å². The SMILES string of the molecule is C=O.C=O.C=O.C=O.C[C-]=O.[Fe]. The van der Waals surface area contributed by atoms with E-state index in [0.717, 1.165) is 0 Å². The van der Waals surface area contributed by atoms with Crippen LogP contribution in [0.4, 0.5) is 0 Å². The molecule has 0 aromatic carbocycles. The van der Waals surface area contributed by atoms with Gasteiger partial charge in [0, 0.05) is 17.1 Å². The van der Waals surface area contributed by atoms with Crippen molar-refractivity contribution in [3.8, 4) is 0 Å². The van der Waals surface area contributed by atoms with Gasteiger partial charge in [0.25, 0.3) is 0 Å². The van der Waals surface area contributed by atoms with E-state index in [2.05, 4.69) is 0 Å². The second-order valence-electron chi connectivity index (χ2n) is 0.204. The maximum absolute atomic E-state index is 8.68. The molecule has 0 heterocycles. The summed E-state index contributed by atoms with van der Waals surface area (Å²) in [4.78, 5) is 40.7. The van der Waals surface area contributed by atoms with Crippen molar-refractivity contribution in [2.75, 3.05) is 0 Å². The molecule has 0 N–H and O–H groups in total. The van der Waals surface area contributed by atoms with Gasteiger partial charge in [-0.3, -0.25) is 6.29 Å². The molecule has 0 aliphatic heterocycles. The standard InChI is InChI=1S/C2H3O.4CH2O.Fe/c1-2-3;4*1-2;/h1H3;4*1H2;/q-1;;;;;. The summed E-state index contributed by atoms with van der Waals surface area (Å²) in [5.74, 6) is 0. The largest absolute Gasteiger partial charge is 0.542 e. The van der Waals surface area contributed by atoms with Crippen molar-refractivity contribution in [2.24, 2.45) is 0 Å². The second kappa shape index (κ2) is 45600. The minimum absolute atomic E-state index is 0. The molecule has 0 spiro atoms. The molecule has 0 aliphatic carbocycles. The van der Waals surface area contributed by atoms with Gasteiger partial charge in [0.2, 0.25) is 0 Å². The third kappa shape index (κ3) is 430. The van der Waals surface area contributed by atoms with Crippen molar-refractivity contribution in [3.05, 3.63) is 0 Å². The average Bonchev–Trinajstić information content (AvgIpc) is 2.18. The van der Waals surface area contributed by atoms with Crippen LogP contribution in [-0.2, 0) is 41.0 Å². The van der Waals surface area contributed by atoms with Gasteiger partial charge in [-0.05, 0) is 0 Å². The van der Waals surface area contributed by atoms with Gasteiger partial charge in [-0.15, -0.1) is 0 Å². The topological polar surface area (TPSA) is 85.3 Å². The van der Waals surface area contributed by atoms with E-state index in [4.69, 9.17) is 24.0 Å². The van der Waals surface area contributed by atoms with Crippen LogP contribution in [0, 0.1) is 0 Å². The van der Waals surface area contributed by atoms with Crippen LogP contribution >= 0.6 is 0 Å². The van der Waals surface area contributed by atoms with Crippen LogP contribution in [-0.4, -0.2) is 33.4 Å². The molecule has 0 bridgehead atoms. The Kier molecular flexibility index (Phi) is 170000. The quantitative estimate of drug-likeness (QED) is 0.400. The fraction of sp³-hybridized carbons (Fsp3) is 0.167. The smallest absolute Gasteiger partial charge is 0.106 e. The Hall–Kier alpha value is -1.13. The number of hydrogen-bond donors (Lipinski definition) is 0. The summed E-state index contributed by atoms with van der Waals surface area (Å²) < 4.78 is 0. The summed E-state index contributed by atoms with van der Waals surface area (Å²) in [5, 5.41) is 0. The van der Waals surface area contributed by atoms with E-state index in [1.165, 1.54) is 13.2 Å². The Morgan fingerprint density at radius 1 is 0.750 bits per heavy atom. The van der Waals surface area contributed by atoms with E-state index in [9.17, 15) is 0 Å². The van der Waals surface area contributed by atoms with Gasteiger partial charge in [-0.25, -0.2) is 0 Å². The fourth-order valence-electron chi connectivity index (χ4n) is 0. The average molecular weight is 219 g/mol. The van der Waals surface area contributed by atoms with Crippen molar-refractivity contribution in [1.82, 2.24) is 0 Å². The molecule has 0 saturated carbocycles. The van der Waals surface area contributed by atoms with Gasteiger partial charge in [0.1, 0.15) is 27.2 Å². The fourth-order valence-corrected chi connectivity index (χ4v) is 0. The van der Waals surface area contributed by atoms with Crippen LogP contribution in [0.5, 0.6) is 0 Å². The van der Waals surface area contributed by atoms with Crippen molar-refractivity contribution in [3.63, 3.8) is 0 Å². The van der Waals surface area contributed by atoms with Gasteiger partial charge in [0.05, 0.1) is 0 Å². The summed E-state index contributed by atoms with van der Waals surface area (Å²) in [5.41, 5.74) is 0. The Bertz CT molecular complexity index is 45.2. The molecular weight excluding hydrogens is 208 g/mol. The minimum Gasteiger partial charge on any atom is -0.542 e. The summed E-state index contributed by atoms with van der Waals surface area (Å²) >= 11 is 0. The Morgan fingerprint density at radius 2 is 0.750 bits per heavy atom. The van der Waals surface area contributed by atoms with Crippen molar-refractivity contribution >= 4 is 33.4 Å². The third-order valence-electron chi connectivity index (χ3n) is 0. The maximum atomic E-state index is 8.68. The van der Waals surface area contributed by atoms with E-state index in [0.29, 0.717) is 0 Å². The Balaban J connectivity index is -0.00000000933. The molecule has 0 fully saturated rings. The van der Waals surface area contributed by atoms with E-state index in [1.807, 2.05) is 27.2 Å². The van der Waals surface area contributed by atoms with E-state index in [1.54, 1.807) is 0 Å². The normalized spacial score (nSPS) is 2.42. The predicted octanol–water partition coefficient (Wildman–Crippen LogP) is -0.626. The number of hydrogen-bond acceptors (Lipinski definition) is 5. The first-order chi connectivity index (χ1) is 5.41. The zero-order chi connectivity index (χ0) is 10.7. The molecule has 74 valence electrons. The molecule has 0 rings (SSSR count). The molecule has 0 aromatic rings. The number of carbonyl (C=O) groups excluding carboxylic acids is 5. The van der Waals surface area contributed by atoms with Crippen LogP contribution in [0.1, 0.15) is 6.92 Å². The molecule has 0 aromatic heterocycles. The zero-order valence-corrected chi connectivity index (χ0v) is 7.83. The van der Waals surface area contributed by atoms with Gasteiger partial charge >= 0.3 is 0 Å². The van der Waals surface area contributed by atoms with Crippen LogP contribution in [0.15, 0.2) is 0 Å². The van der Waals surface area contributed by atoms with E-state index in [-0.39, 0.29) is 17.1 Å². The third-order valence-corrected chi connectivity index (χ3v) is 0. The molecule has 0 radical (unpaired) electrons. The molecule has 0 atom stereocenters. The molecule has 0 unspecified atom stereocenters. The first kappa shape index (κ1) is 44.7. The van der Waals surface area contributed by atoms with Gasteiger partial charge in [-0.1, -0.05) is 0 Å². The molecule has 5 nitrogen and oxygen atoms in total. The Labute approximate surface area is 82.0 Å². The van der Waals surface area contributed by atoms with Crippen LogP contribution < -0.4 is 0 Å². The zero-order valence-electron chi connectivity index (χ0n) is 6.72. The minimum atomic E-state index is 0. The van der Waals surface area contributed by atoms with E-state index < -0.39 is 0 Å². The second-order valence-corrected chi connectivity index (χ2v) is 0.204. The summed E-state index contributed by atoms with van der Waals surface area (Å²) in [7, 11) is 0. The van der Waals surface area contributed by atoms with Gasteiger partial charge < -0.3 is 24.0 Å².